The number of aromatic hydroxyl groups is 1. The summed E-state index contributed by atoms with van der Waals surface area (Å²) >= 11 is 6.49. The summed E-state index contributed by atoms with van der Waals surface area (Å²) in [5.74, 6) is 0.106. The van der Waals surface area contributed by atoms with Crippen molar-refractivity contribution in [1.82, 2.24) is 14.1 Å². The number of piperidine rings is 1. The number of hydrogen-bond donors (Lipinski definition) is 2. The first-order chi connectivity index (χ1) is 17.1. The van der Waals surface area contributed by atoms with Crippen molar-refractivity contribution < 1.29 is 14.6 Å². The van der Waals surface area contributed by atoms with Crippen molar-refractivity contribution in [2.75, 3.05) is 18.0 Å². The smallest absolute Gasteiger partial charge is 0.332 e. The van der Waals surface area contributed by atoms with E-state index < -0.39 is 11.4 Å². The number of aromatic nitrogens is 3. The van der Waals surface area contributed by atoms with E-state index in [9.17, 15) is 19.4 Å². The summed E-state index contributed by atoms with van der Waals surface area (Å²) in [6.07, 6.45) is 6.13. The van der Waals surface area contributed by atoms with Crippen molar-refractivity contribution in [2.45, 2.75) is 25.4 Å². The number of hydrogen-bond acceptors (Lipinski definition) is 5. The molecule has 7 nitrogen and oxygen atoms in total. The topological polar surface area (TPSA) is 83.5 Å². The number of aliphatic hydroxyl groups is 1. The Morgan fingerprint density at radius 3 is 2.31 bits per heavy atom. The Kier molecular flexibility index (Phi) is 6.10. The van der Waals surface area contributed by atoms with Crippen LogP contribution in [0.1, 0.15) is 19.8 Å². The van der Waals surface area contributed by atoms with Gasteiger partial charge in [0.15, 0.2) is 0 Å². The maximum atomic E-state index is 14.8. The van der Waals surface area contributed by atoms with Crippen molar-refractivity contribution in [3.05, 3.63) is 82.4 Å². The fourth-order valence-corrected chi connectivity index (χ4v) is 4.80. The average molecular weight is 509 g/mol. The van der Waals surface area contributed by atoms with E-state index in [2.05, 4.69) is 9.88 Å². The van der Waals surface area contributed by atoms with Gasteiger partial charge in [-0.15, -0.1) is 0 Å². The molecule has 1 fully saturated rings. The molecule has 2 aromatic heterocycles. The zero-order valence-electron chi connectivity index (χ0n) is 19.9. The first kappa shape index (κ1) is 24.1. The van der Waals surface area contributed by atoms with Crippen LogP contribution in [0.25, 0.3) is 27.9 Å². The van der Waals surface area contributed by atoms with Gasteiger partial charge in [0, 0.05) is 49.9 Å². The number of nitrogens with zero attached hydrogens (tertiary/aromatic N) is 4. The van der Waals surface area contributed by atoms with E-state index in [4.69, 9.17) is 11.6 Å². The van der Waals surface area contributed by atoms with Crippen LogP contribution in [0.5, 0.6) is 5.75 Å². The molecule has 0 spiro atoms. The van der Waals surface area contributed by atoms with Gasteiger partial charge < -0.3 is 19.7 Å². The number of halogens is 2. The molecule has 2 N–H and O–H groups in total. The van der Waals surface area contributed by atoms with Crippen LogP contribution in [0.4, 0.5) is 10.2 Å². The highest BCUT2D eigenvalue weighted by Gasteiger charge is 2.28. The first-order valence-corrected chi connectivity index (χ1v) is 12.0. The highest BCUT2D eigenvalue weighted by atomic mass is 35.5. The van der Waals surface area contributed by atoms with Gasteiger partial charge in [-0.1, -0.05) is 17.7 Å². The monoisotopic (exact) mass is 508 g/mol. The summed E-state index contributed by atoms with van der Waals surface area (Å²) in [6.45, 7) is 3.13. The molecule has 1 aliphatic heterocycles. The standard InChI is InChI=1S/C27H26ClFN4O3/c1-27(36)6-9-32(10-7-27)24-14-18(5-8-30-24)21-16-19(29)15-20(25(21)34)17-3-4-23(22(28)13-17)33-12-11-31(2)26(33)35/h3-5,8,11-16,34,36H,6-7,9-10H2,1-2H3. The van der Waals surface area contributed by atoms with Gasteiger partial charge in [-0.05, 0) is 67.3 Å². The lowest BCUT2D eigenvalue weighted by Crippen LogP contribution is -2.42. The Bertz CT molecular complexity index is 1500. The number of benzene rings is 2. The third-order valence-electron chi connectivity index (χ3n) is 6.76. The van der Waals surface area contributed by atoms with Crippen LogP contribution < -0.4 is 10.6 Å². The lowest BCUT2D eigenvalue weighted by atomic mass is 9.93. The summed E-state index contributed by atoms with van der Waals surface area (Å²) in [5.41, 5.74) is 1.30. The Labute approximate surface area is 212 Å². The molecule has 0 atom stereocenters. The summed E-state index contributed by atoms with van der Waals surface area (Å²) in [7, 11) is 1.65. The molecule has 0 unspecified atom stereocenters. The molecular formula is C27H26ClFN4O3. The summed E-state index contributed by atoms with van der Waals surface area (Å²) in [4.78, 5) is 18.8. The van der Waals surface area contributed by atoms with E-state index >= 15 is 0 Å². The molecule has 1 saturated heterocycles. The third kappa shape index (κ3) is 4.50. The molecule has 2 aromatic carbocycles. The van der Waals surface area contributed by atoms with Crippen molar-refractivity contribution in [3.63, 3.8) is 0 Å². The zero-order valence-corrected chi connectivity index (χ0v) is 20.7. The predicted molar refractivity (Wildman–Crippen MR) is 138 cm³/mol. The van der Waals surface area contributed by atoms with Gasteiger partial charge in [-0.25, -0.2) is 14.2 Å². The van der Waals surface area contributed by atoms with Crippen LogP contribution in [-0.2, 0) is 7.05 Å². The van der Waals surface area contributed by atoms with Gasteiger partial charge in [0.05, 0.1) is 16.3 Å². The van der Waals surface area contributed by atoms with Crippen LogP contribution in [-0.4, -0.2) is 43.0 Å². The van der Waals surface area contributed by atoms with Crippen molar-refractivity contribution >= 4 is 17.4 Å². The molecule has 0 saturated carbocycles. The van der Waals surface area contributed by atoms with Crippen LogP contribution in [0.15, 0.2) is 65.8 Å². The van der Waals surface area contributed by atoms with Crippen molar-refractivity contribution in [1.29, 1.82) is 0 Å². The van der Waals surface area contributed by atoms with Gasteiger partial charge in [0.2, 0.25) is 0 Å². The van der Waals surface area contributed by atoms with Gasteiger partial charge >= 0.3 is 5.69 Å². The molecule has 3 heterocycles. The minimum atomic E-state index is -0.686. The number of pyridine rings is 1. The molecule has 186 valence electrons. The summed E-state index contributed by atoms with van der Waals surface area (Å²) in [5, 5.41) is 21.7. The van der Waals surface area contributed by atoms with E-state index in [1.807, 2.05) is 13.0 Å². The minimum Gasteiger partial charge on any atom is -0.507 e. The Morgan fingerprint density at radius 1 is 1.03 bits per heavy atom. The molecule has 9 heteroatoms. The maximum absolute atomic E-state index is 14.8. The SMILES string of the molecule is Cn1ccn(-c2ccc(-c3cc(F)cc(-c4ccnc(N5CCC(C)(O)CC5)c4)c3O)cc2Cl)c1=O. The van der Waals surface area contributed by atoms with Gasteiger partial charge in [-0.3, -0.25) is 4.57 Å². The molecule has 4 aromatic rings. The highest BCUT2D eigenvalue weighted by molar-refractivity contribution is 6.32. The molecule has 1 aliphatic rings. The highest BCUT2D eigenvalue weighted by Crippen LogP contribution is 2.41. The molecule has 0 amide bonds. The number of imidazole rings is 1. The van der Waals surface area contributed by atoms with Gasteiger partial charge in [0.25, 0.3) is 0 Å². The van der Waals surface area contributed by atoms with E-state index in [1.54, 1.807) is 49.9 Å². The Morgan fingerprint density at radius 2 is 1.69 bits per heavy atom. The number of aryl methyl sites for hydroxylation is 1. The lowest BCUT2D eigenvalue weighted by Gasteiger charge is -2.36. The second-order valence-corrected chi connectivity index (χ2v) is 9.87. The predicted octanol–water partition coefficient (Wildman–Crippen LogP) is 4.75. The average Bonchev–Trinajstić information content (AvgIpc) is 3.18. The molecule has 0 radical (unpaired) electrons. The van der Waals surface area contributed by atoms with Gasteiger partial charge in [-0.2, -0.15) is 0 Å². The number of anilines is 1. The Balaban J connectivity index is 1.51. The zero-order chi connectivity index (χ0) is 25.6. The van der Waals surface area contributed by atoms with E-state index in [1.165, 1.54) is 21.3 Å². The van der Waals surface area contributed by atoms with E-state index in [0.29, 0.717) is 54.1 Å². The molecular weight excluding hydrogens is 483 g/mol. The summed E-state index contributed by atoms with van der Waals surface area (Å²) < 4.78 is 17.6. The van der Waals surface area contributed by atoms with Crippen molar-refractivity contribution in [2.24, 2.45) is 7.05 Å². The van der Waals surface area contributed by atoms with Crippen molar-refractivity contribution in [3.8, 4) is 33.7 Å². The fourth-order valence-electron chi connectivity index (χ4n) is 4.53. The normalized spacial score (nSPS) is 15.3. The van der Waals surface area contributed by atoms with Gasteiger partial charge in [0.1, 0.15) is 17.4 Å². The van der Waals surface area contributed by atoms with Crippen LogP contribution in [0, 0.1) is 5.82 Å². The first-order valence-electron chi connectivity index (χ1n) is 11.6. The quantitative estimate of drug-likeness (QED) is 0.415. The van der Waals surface area contributed by atoms with Crippen LogP contribution >= 0.6 is 11.6 Å². The molecule has 36 heavy (non-hydrogen) atoms. The Hall–Kier alpha value is -3.62. The molecule has 5 rings (SSSR count). The number of phenolic OH excluding ortho intramolecular Hbond substituents is 1. The fraction of sp³-hybridized carbons (Fsp3) is 0.259. The minimum absolute atomic E-state index is 0.0872. The van der Waals surface area contributed by atoms with E-state index in [0.717, 1.165) is 0 Å². The lowest BCUT2D eigenvalue weighted by molar-refractivity contribution is 0.0350. The molecule has 0 aliphatic carbocycles. The number of rotatable bonds is 4. The second-order valence-electron chi connectivity index (χ2n) is 9.46. The second kappa shape index (κ2) is 9.11. The maximum Gasteiger partial charge on any atom is 0.332 e. The molecule has 0 bridgehead atoms. The number of phenols is 1. The van der Waals surface area contributed by atoms with Crippen LogP contribution in [0.3, 0.4) is 0 Å². The largest absolute Gasteiger partial charge is 0.507 e. The van der Waals surface area contributed by atoms with E-state index in [-0.39, 0.29) is 22.0 Å². The van der Waals surface area contributed by atoms with Crippen LogP contribution in [0.2, 0.25) is 5.02 Å². The third-order valence-corrected chi connectivity index (χ3v) is 7.06. The summed E-state index contributed by atoms with van der Waals surface area (Å²) in [6, 6.07) is 11.0.